The standard InChI is InChI=1S/C19H28FN3O2/c1-14-12-23(13-19(2,3)25-14)18(24)16-11-15(20)5-6-17(16)22-9-7-21(4)8-10-22/h5-6,11,14H,7-10,12-13H2,1-4H3. The minimum absolute atomic E-state index is 0.0339. The largest absolute Gasteiger partial charge is 0.369 e. The molecule has 0 aliphatic carbocycles. The molecule has 0 N–H and O–H groups in total. The second kappa shape index (κ2) is 6.92. The number of rotatable bonds is 2. The van der Waals surface area contributed by atoms with E-state index < -0.39 is 5.60 Å². The van der Waals surface area contributed by atoms with Gasteiger partial charge < -0.3 is 19.4 Å². The highest BCUT2D eigenvalue weighted by Crippen LogP contribution is 2.28. The first-order valence-corrected chi connectivity index (χ1v) is 8.95. The highest BCUT2D eigenvalue weighted by atomic mass is 19.1. The number of halogens is 1. The molecular weight excluding hydrogens is 321 g/mol. The zero-order chi connectivity index (χ0) is 18.2. The minimum atomic E-state index is -0.394. The van der Waals surface area contributed by atoms with E-state index in [1.54, 1.807) is 11.0 Å². The van der Waals surface area contributed by atoms with Crippen LogP contribution in [0, 0.1) is 5.82 Å². The lowest BCUT2D eigenvalue weighted by Gasteiger charge is -2.42. The fourth-order valence-corrected chi connectivity index (χ4v) is 3.78. The zero-order valence-electron chi connectivity index (χ0n) is 15.6. The van der Waals surface area contributed by atoms with Crippen molar-refractivity contribution in [3.05, 3.63) is 29.6 Å². The third-order valence-electron chi connectivity index (χ3n) is 4.89. The van der Waals surface area contributed by atoms with Gasteiger partial charge >= 0.3 is 0 Å². The van der Waals surface area contributed by atoms with Gasteiger partial charge in [0.2, 0.25) is 0 Å². The number of hydrogen-bond acceptors (Lipinski definition) is 4. The molecule has 2 fully saturated rings. The lowest BCUT2D eigenvalue weighted by Crippen LogP contribution is -2.54. The Labute approximate surface area is 149 Å². The van der Waals surface area contributed by atoms with E-state index in [0.717, 1.165) is 31.9 Å². The molecule has 6 heteroatoms. The van der Waals surface area contributed by atoms with Crippen LogP contribution in [-0.4, -0.2) is 73.7 Å². The van der Waals surface area contributed by atoms with Crippen LogP contribution in [0.15, 0.2) is 18.2 Å². The molecule has 5 nitrogen and oxygen atoms in total. The summed E-state index contributed by atoms with van der Waals surface area (Å²) in [6.07, 6.45) is -0.0339. The zero-order valence-corrected chi connectivity index (χ0v) is 15.6. The van der Waals surface area contributed by atoms with E-state index in [9.17, 15) is 9.18 Å². The summed E-state index contributed by atoms with van der Waals surface area (Å²) in [6.45, 7) is 10.5. The highest BCUT2D eigenvalue weighted by molar-refractivity contribution is 6.00. The van der Waals surface area contributed by atoms with Crippen LogP contribution in [0.3, 0.4) is 0 Å². The Hall–Kier alpha value is -1.66. The molecule has 0 bridgehead atoms. The van der Waals surface area contributed by atoms with Crippen LogP contribution in [0.4, 0.5) is 10.1 Å². The van der Waals surface area contributed by atoms with Crippen molar-refractivity contribution in [3.8, 4) is 0 Å². The smallest absolute Gasteiger partial charge is 0.256 e. The minimum Gasteiger partial charge on any atom is -0.369 e. The predicted octanol–water partition coefficient (Wildman–Crippen LogP) is 2.22. The fraction of sp³-hybridized carbons (Fsp3) is 0.632. The van der Waals surface area contributed by atoms with Gasteiger partial charge in [-0.05, 0) is 46.0 Å². The summed E-state index contributed by atoms with van der Waals surface area (Å²) in [7, 11) is 2.09. The number of nitrogens with zero attached hydrogens (tertiary/aromatic N) is 3. The van der Waals surface area contributed by atoms with Crippen LogP contribution in [0.2, 0.25) is 0 Å². The van der Waals surface area contributed by atoms with Gasteiger partial charge in [0.1, 0.15) is 5.82 Å². The van der Waals surface area contributed by atoms with E-state index in [0.29, 0.717) is 18.7 Å². The molecule has 0 spiro atoms. The SMILES string of the molecule is CC1CN(C(=O)c2cc(F)ccc2N2CCN(C)CC2)CC(C)(C)O1. The van der Waals surface area contributed by atoms with Gasteiger partial charge in [-0.3, -0.25) is 4.79 Å². The molecule has 0 radical (unpaired) electrons. The van der Waals surface area contributed by atoms with Gasteiger partial charge in [0, 0.05) is 45.0 Å². The lowest BCUT2D eigenvalue weighted by atomic mass is 10.0. The summed E-state index contributed by atoms with van der Waals surface area (Å²) >= 11 is 0. The third-order valence-corrected chi connectivity index (χ3v) is 4.89. The number of likely N-dealkylation sites (N-methyl/N-ethyl adjacent to an activating group) is 1. The Kier molecular flexibility index (Phi) is 5.02. The van der Waals surface area contributed by atoms with E-state index in [1.807, 2.05) is 20.8 Å². The van der Waals surface area contributed by atoms with Gasteiger partial charge in [-0.1, -0.05) is 0 Å². The number of benzene rings is 1. The number of carbonyl (C=O) groups excluding carboxylic acids is 1. The summed E-state index contributed by atoms with van der Waals surface area (Å²) < 4.78 is 19.8. The molecule has 138 valence electrons. The Morgan fingerprint density at radius 3 is 2.56 bits per heavy atom. The van der Waals surface area contributed by atoms with Crippen LogP contribution >= 0.6 is 0 Å². The summed E-state index contributed by atoms with van der Waals surface area (Å²) in [5.41, 5.74) is 0.889. The maximum Gasteiger partial charge on any atom is 0.256 e. The van der Waals surface area contributed by atoms with Gasteiger partial charge in [0.15, 0.2) is 0 Å². The van der Waals surface area contributed by atoms with Crippen LogP contribution in [0.1, 0.15) is 31.1 Å². The van der Waals surface area contributed by atoms with E-state index in [1.165, 1.54) is 12.1 Å². The number of carbonyl (C=O) groups is 1. The van der Waals surface area contributed by atoms with E-state index in [-0.39, 0.29) is 17.8 Å². The van der Waals surface area contributed by atoms with Crippen molar-refractivity contribution in [1.82, 2.24) is 9.80 Å². The topological polar surface area (TPSA) is 36.0 Å². The van der Waals surface area contributed by atoms with Crippen molar-refractivity contribution in [1.29, 1.82) is 0 Å². The van der Waals surface area contributed by atoms with Gasteiger partial charge in [0.05, 0.1) is 17.3 Å². The Bertz CT molecular complexity index is 642. The first-order chi connectivity index (χ1) is 11.7. The number of amides is 1. The van der Waals surface area contributed by atoms with E-state index in [2.05, 4.69) is 16.8 Å². The lowest BCUT2D eigenvalue weighted by molar-refractivity contribution is -0.118. The molecule has 1 amide bonds. The predicted molar refractivity (Wildman–Crippen MR) is 96.6 cm³/mol. The summed E-state index contributed by atoms with van der Waals surface area (Å²) in [4.78, 5) is 19.4. The van der Waals surface area contributed by atoms with E-state index >= 15 is 0 Å². The third kappa shape index (κ3) is 4.12. The van der Waals surface area contributed by atoms with Crippen LogP contribution in [0.25, 0.3) is 0 Å². The Morgan fingerprint density at radius 2 is 1.92 bits per heavy atom. The summed E-state index contributed by atoms with van der Waals surface area (Å²) in [6, 6.07) is 4.56. The summed E-state index contributed by atoms with van der Waals surface area (Å²) in [5.74, 6) is -0.488. The maximum atomic E-state index is 13.9. The van der Waals surface area contributed by atoms with Crippen molar-refractivity contribution in [2.24, 2.45) is 0 Å². The fourth-order valence-electron chi connectivity index (χ4n) is 3.78. The molecule has 2 saturated heterocycles. The maximum absolute atomic E-state index is 13.9. The quantitative estimate of drug-likeness (QED) is 0.820. The molecule has 0 aromatic heterocycles. The van der Waals surface area contributed by atoms with Crippen molar-refractivity contribution >= 4 is 11.6 Å². The Morgan fingerprint density at radius 1 is 1.24 bits per heavy atom. The van der Waals surface area contributed by atoms with Crippen LogP contribution in [-0.2, 0) is 4.74 Å². The van der Waals surface area contributed by atoms with Crippen LogP contribution in [0.5, 0.6) is 0 Å². The van der Waals surface area contributed by atoms with Gasteiger partial charge in [-0.25, -0.2) is 4.39 Å². The van der Waals surface area contributed by atoms with E-state index in [4.69, 9.17) is 4.74 Å². The molecule has 1 unspecified atom stereocenters. The molecule has 2 aliphatic rings. The second-order valence-electron chi connectivity index (χ2n) is 7.83. The van der Waals surface area contributed by atoms with Gasteiger partial charge in [-0.2, -0.15) is 0 Å². The van der Waals surface area contributed by atoms with Crippen molar-refractivity contribution in [2.45, 2.75) is 32.5 Å². The average Bonchev–Trinajstić information content (AvgIpc) is 2.53. The average molecular weight is 349 g/mol. The molecular formula is C19H28FN3O2. The molecule has 0 saturated carbocycles. The first-order valence-electron chi connectivity index (χ1n) is 8.95. The number of hydrogen-bond donors (Lipinski definition) is 0. The molecule has 25 heavy (non-hydrogen) atoms. The number of anilines is 1. The molecule has 1 aromatic carbocycles. The van der Waals surface area contributed by atoms with Crippen molar-refractivity contribution in [3.63, 3.8) is 0 Å². The van der Waals surface area contributed by atoms with Gasteiger partial charge in [0.25, 0.3) is 5.91 Å². The molecule has 2 heterocycles. The van der Waals surface area contributed by atoms with Gasteiger partial charge in [-0.15, -0.1) is 0 Å². The first kappa shape index (κ1) is 18.1. The number of piperazine rings is 1. The number of ether oxygens (including phenoxy) is 1. The molecule has 1 aromatic rings. The van der Waals surface area contributed by atoms with Crippen molar-refractivity contribution in [2.75, 3.05) is 51.2 Å². The normalized spacial score (nSPS) is 24.4. The van der Waals surface area contributed by atoms with Crippen LogP contribution < -0.4 is 4.90 Å². The second-order valence-corrected chi connectivity index (χ2v) is 7.83. The molecule has 2 aliphatic heterocycles. The molecule has 1 atom stereocenters. The molecule has 3 rings (SSSR count). The monoisotopic (exact) mass is 349 g/mol. The highest BCUT2D eigenvalue weighted by Gasteiger charge is 2.35. The Balaban J connectivity index is 1.88. The van der Waals surface area contributed by atoms with Crippen molar-refractivity contribution < 1.29 is 13.9 Å². The summed E-state index contributed by atoms with van der Waals surface area (Å²) in [5, 5.41) is 0. The number of morpholine rings is 1.